The van der Waals surface area contributed by atoms with Crippen LogP contribution in [0.2, 0.25) is 5.02 Å². The maximum absolute atomic E-state index is 12.3. The van der Waals surface area contributed by atoms with E-state index in [0.717, 1.165) is 0 Å². The third kappa shape index (κ3) is 4.68. The normalized spacial score (nSPS) is 10.3. The highest BCUT2D eigenvalue weighted by atomic mass is 35.5. The molecule has 1 heterocycles. The Balaban J connectivity index is 1.61. The number of benzene rings is 2. The summed E-state index contributed by atoms with van der Waals surface area (Å²) in [6.45, 7) is 0.298. The van der Waals surface area contributed by atoms with Gasteiger partial charge in [-0.25, -0.2) is 0 Å². The number of rotatable bonds is 6. The Morgan fingerprint density at radius 2 is 1.74 bits per heavy atom. The van der Waals surface area contributed by atoms with E-state index in [1.54, 1.807) is 60.9 Å². The molecule has 2 aromatic carbocycles. The van der Waals surface area contributed by atoms with Crippen molar-refractivity contribution in [2.75, 3.05) is 12.4 Å². The van der Waals surface area contributed by atoms with Crippen LogP contribution in [-0.2, 0) is 6.54 Å². The molecule has 2 N–H and O–H groups in total. The fourth-order valence-electron chi connectivity index (χ4n) is 2.40. The highest BCUT2D eigenvalue weighted by molar-refractivity contribution is 6.32. The molecule has 0 bridgehead atoms. The number of hydrogen-bond donors (Lipinski definition) is 2. The van der Waals surface area contributed by atoms with E-state index in [-0.39, 0.29) is 11.8 Å². The van der Waals surface area contributed by atoms with Crippen LogP contribution in [0.1, 0.15) is 26.5 Å². The smallest absolute Gasteiger partial charge is 0.255 e. The molecule has 6 nitrogen and oxygen atoms in total. The number of carbonyl (C=O) groups is 2. The van der Waals surface area contributed by atoms with Crippen LogP contribution < -0.4 is 15.4 Å². The highest BCUT2D eigenvalue weighted by Gasteiger charge is 2.11. The lowest BCUT2D eigenvalue weighted by molar-refractivity contribution is 0.0946. The van der Waals surface area contributed by atoms with Crippen molar-refractivity contribution < 1.29 is 18.7 Å². The molecule has 0 spiro atoms. The van der Waals surface area contributed by atoms with Gasteiger partial charge in [-0.1, -0.05) is 11.6 Å². The first-order valence-electron chi connectivity index (χ1n) is 8.12. The van der Waals surface area contributed by atoms with Gasteiger partial charge in [0.2, 0.25) is 0 Å². The minimum atomic E-state index is -0.307. The van der Waals surface area contributed by atoms with Gasteiger partial charge in [0.15, 0.2) is 0 Å². The highest BCUT2D eigenvalue weighted by Crippen LogP contribution is 2.27. The number of furan rings is 1. The Kier molecular flexibility index (Phi) is 5.78. The standard InChI is InChI=1S/C20H17ClN2O4/c1-26-18-9-8-15(11-17(18)21)23-20(25)14-6-4-13(5-7-14)19(24)22-12-16-3-2-10-27-16/h2-11H,12H2,1H3,(H,22,24)(H,23,25). The molecule has 0 aliphatic rings. The monoisotopic (exact) mass is 384 g/mol. The summed E-state index contributed by atoms with van der Waals surface area (Å²) in [7, 11) is 1.52. The molecule has 0 saturated heterocycles. The van der Waals surface area contributed by atoms with E-state index < -0.39 is 0 Å². The van der Waals surface area contributed by atoms with Crippen LogP contribution in [-0.4, -0.2) is 18.9 Å². The molecule has 7 heteroatoms. The first kappa shape index (κ1) is 18.5. The maximum atomic E-state index is 12.3. The number of hydrogen-bond acceptors (Lipinski definition) is 4. The molecule has 1 aromatic heterocycles. The van der Waals surface area contributed by atoms with E-state index in [1.807, 2.05) is 0 Å². The van der Waals surface area contributed by atoms with Crippen molar-refractivity contribution >= 4 is 29.1 Å². The Hall–Kier alpha value is -3.25. The van der Waals surface area contributed by atoms with Crippen molar-refractivity contribution in [3.05, 3.63) is 82.8 Å². The average Bonchev–Trinajstić information content (AvgIpc) is 3.20. The predicted octanol–water partition coefficient (Wildman–Crippen LogP) is 4.12. The minimum Gasteiger partial charge on any atom is -0.495 e. The molecule has 27 heavy (non-hydrogen) atoms. The number of amides is 2. The molecule has 0 fully saturated rings. The molecule has 0 unspecified atom stereocenters. The van der Waals surface area contributed by atoms with Gasteiger partial charge in [-0.15, -0.1) is 0 Å². The van der Waals surface area contributed by atoms with Gasteiger partial charge in [0, 0.05) is 16.8 Å². The van der Waals surface area contributed by atoms with Crippen molar-refractivity contribution in [1.82, 2.24) is 5.32 Å². The molecule has 2 amide bonds. The van der Waals surface area contributed by atoms with Gasteiger partial charge in [0.1, 0.15) is 11.5 Å². The topological polar surface area (TPSA) is 80.6 Å². The average molecular weight is 385 g/mol. The van der Waals surface area contributed by atoms with Gasteiger partial charge in [0.05, 0.1) is 24.9 Å². The quantitative estimate of drug-likeness (QED) is 0.669. The third-order valence-electron chi connectivity index (χ3n) is 3.82. The molecular weight excluding hydrogens is 368 g/mol. The van der Waals surface area contributed by atoms with Gasteiger partial charge in [-0.05, 0) is 54.6 Å². The summed E-state index contributed by atoms with van der Waals surface area (Å²) in [4.78, 5) is 24.5. The molecule has 0 aliphatic carbocycles. The van der Waals surface area contributed by atoms with Gasteiger partial charge in [0.25, 0.3) is 11.8 Å². The lowest BCUT2D eigenvalue weighted by Gasteiger charge is -2.09. The van der Waals surface area contributed by atoms with Crippen LogP contribution in [0.25, 0.3) is 0 Å². The van der Waals surface area contributed by atoms with Crippen LogP contribution in [0.4, 0.5) is 5.69 Å². The van der Waals surface area contributed by atoms with E-state index in [9.17, 15) is 9.59 Å². The SMILES string of the molecule is COc1ccc(NC(=O)c2ccc(C(=O)NCc3ccco3)cc2)cc1Cl. The number of halogens is 1. The van der Waals surface area contributed by atoms with Gasteiger partial charge >= 0.3 is 0 Å². The molecule has 3 rings (SSSR count). The number of carbonyl (C=O) groups excluding carboxylic acids is 2. The summed E-state index contributed by atoms with van der Waals surface area (Å²) in [5, 5.41) is 5.90. The fraction of sp³-hybridized carbons (Fsp3) is 0.100. The molecule has 138 valence electrons. The molecule has 0 radical (unpaired) electrons. The van der Waals surface area contributed by atoms with Crippen LogP contribution in [0.15, 0.2) is 65.3 Å². The van der Waals surface area contributed by atoms with Crippen molar-refractivity contribution in [2.24, 2.45) is 0 Å². The van der Waals surface area contributed by atoms with Crippen LogP contribution in [0.3, 0.4) is 0 Å². The summed E-state index contributed by atoms with van der Waals surface area (Å²) < 4.78 is 10.2. The number of methoxy groups -OCH3 is 1. The van der Waals surface area contributed by atoms with Crippen molar-refractivity contribution in [3.8, 4) is 5.75 Å². The van der Waals surface area contributed by atoms with Gasteiger partial charge in [-0.3, -0.25) is 9.59 Å². The third-order valence-corrected chi connectivity index (χ3v) is 4.12. The maximum Gasteiger partial charge on any atom is 0.255 e. The number of anilines is 1. The Morgan fingerprint density at radius 3 is 2.33 bits per heavy atom. The summed E-state index contributed by atoms with van der Waals surface area (Å²) in [6.07, 6.45) is 1.55. The zero-order valence-corrected chi connectivity index (χ0v) is 15.2. The first-order valence-corrected chi connectivity index (χ1v) is 8.50. The molecule has 0 atom stereocenters. The van der Waals surface area contributed by atoms with E-state index in [4.69, 9.17) is 20.8 Å². The van der Waals surface area contributed by atoms with E-state index >= 15 is 0 Å². The summed E-state index contributed by atoms with van der Waals surface area (Å²) in [5.41, 5.74) is 1.42. The van der Waals surface area contributed by atoms with Gasteiger partial charge < -0.3 is 19.8 Å². The second-order valence-electron chi connectivity index (χ2n) is 5.64. The van der Waals surface area contributed by atoms with E-state index in [0.29, 0.717) is 39.9 Å². The largest absolute Gasteiger partial charge is 0.495 e. The van der Waals surface area contributed by atoms with Crippen LogP contribution >= 0.6 is 11.6 Å². The first-order chi connectivity index (χ1) is 13.1. The Labute approximate surface area is 161 Å². The number of ether oxygens (including phenoxy) is 1. The molecule has 0 aliphatic heterocycles. The second-order valence-corrected chi connectivity index (χ2v) is 6.05. The van der Waals surface area contributed by atoms with Crippen LogP contribution in [0, 0.1) is 0 Å². The van der Waals surface area contributed by atoms with E-state index in [2.05, 4.69) is 10.6 Å². The van der Waals surface area contributed by atoms with E-state index in [1.165, 1.54) is 7.11 Å². The van der Waals surface area contributed by atoms with Crippen molar-refractivity contribution in [3.63, 3.8) is 0 Å². The molecular formula is C20H17ClN2O4. The lowest BCUT2D eigenvalue weighted by Crippen LogP contribution is -2.22. The number of nitrogens with one attached hydrogen (secondary N) is 2. The van der Waals surface area contributed by atoms with Crippen molar-refractivity contribution in [2.45, 2.75) is 6.54 Å². The zero-order chi connectivity index (χ0) is 19.2. The fourth-order valence-corrected chi connectivity index (χ4v) is 2.66. The van der Waals surface area contributed by atoms with Gasteiger partial charge in [-0.2, -0.15) is 0 Å². The lowest BCUT2D eigenvalue weighted by atomic mass is 10.1. The Morgan fingerprint density at radius 1 is 1.04 bits per heavy atom. The zero-order valence-electron chi connectivity index (χ0n) is 14.5. The summed E-state index contributed by atoms with van der Waals surface area (Å²) in [6, 6.07) is 14.9. The Bertz CT molecular complexity index is 937. The molecule has 3 aromatic rings. The van der Waals surface area contributed by atoms with Crippen LogP contribution in [0.5, 0.6) is 5.75 Å². The summed E-state index contributed by atoms with van der Waals surface area (Å²) in [5.74, 6) is 0.635. The predicted molar refractivity (Wildman–Crippen MR) is 102 cm³/mol. The summed E-state index contributed by atoms with van der Waals surface area (Å²) >= 11 is 6.05. The minimum absolute atomic E-state index is 0.250. The molecule has 0 saturated carbocycles. The second kappa shape index (κ2) is 8.42. The van der Waals surface area contributed by atoms with Crippen molar-refractivity contribution in [1.29, 1.82) is 0 Å².